The van der Waals surface area contributed by atoms with Crippen LogP contribution in [0.25, 0.3) is 22.3 Å². The molecular formula is C26H21FN2OS. The van der Waals surface area contributed by atoms with Gasteiger partial charge in [-0.15, -0.1) is 11.8 Å². The van der Waals surface area contributed by atoms with E-state index >= 15 is 0 Å². The van der Waals surface area contributed by atoms with E-state index in [0.717, 1.165) is 16.7 Å². The van der Waals surface area contributed by atoms with Crippen molar-refractivity contribution in [1.82, 2.24) is 10.3 Å². The summed E-state index contributed by atoms with van der Waals surface area (Å²) in [6.45, 7) is 0.411. The summed E-state index contributed by atoms with van der Waals surface area (Å²) in [6, 6.07) is 24.5. The van der Waals surface area contributed by atoms with Gasteiger partial charge in [0.1, 0.15) is 5.82 Å². The molecule has 1 aromatic heterocycles. The Bertz CT molecular complexity index is 1190. The average molecular weight is 429 g/mol. The predicted octanol–water partition coefficient (Wildman–Crippen LogP) is 6.21. The molecule has 0 bridgehead atoms. The van der Waals surface area contributed by atoms with Crippen molar-refractivity contribution in [2.24, 2.45) is 0 Å². The quantitative estimate of drug-likeness (QED) is 0.372. The number of pyridine rings is 1. The molecule has 0 aliphatic heterocycles. The van der Waals surface area contributed by atoms with Crippen molar-refractivity contribution in [2.45, 2.75) is 11.4 Å². The lowest BCUT2D eigenvalue weighted by Crippen LogP contribution is -2.22. The van der Waals surface area contributed by atoms with Crippen LogP contribution in [0.5, 0.6) is 0 Å². The second kappa shape index (κ2) is 9.58. The standard InChI is InChI=1S/C26H21FN2OS/c1-31-25-11-9-20(10-12-25)19-7-5-18(6-8-19)15-29-26(30)23-13-22(16-28-17-23)21-3-2-4-24(27)14-21/h2-14,16-17H,15H2,1H3,(H,29,30). The van der Waals surface area contributed by atoms with E-state index in [-0.39, 0.29) is 11.7 Å². The van der Waals surface area contributed by atoms with Gasteiger partial charge in [-0.3, -0.25) is 9.78 Å². The van der Waals surface area contributed by atoms with Crippen LogP contribution < -0.4 is 5.32 Å². The molecule has 0 spiro atoms. The number of rotatable bonds is 6. The molecule has 0 atom stereocenters. The van der Waals surface area contributed by atoms with Gasteiger partial charge in [-0.1, -0.05) is 48.5 Å². The summed E-state index contributed by atoms with van der Waals surface area (Å²) in [5.74, 6) is -0.543. The number of thioether (sulfide) groups is 1. The van der Waals surface area contributed by atoms with E-state index in [2.05, 4.69) is 53.0 Å². The molecule has 1 amide bonds. The minimum Gasteiger partial charge on any atom is -0.348 e. The Morgan fingerprint density at radius 3 is 2.26 bits per heavy atom. The average Bonchev–Trinajstić information content (AvgIpc) is 2.83. The first kappa shape index (κ1) is 20.8. The van der Waals surface area contributed by atoms with Crippen molar-refractivity contribution in [3.05, 3.63) is 108 Å². The Morgan fingerprint density at radius 1 is 0.871 bits per heavy atom. The van der Waals surface area contributed by atoms with Gasteiger partial charge < -0.3 is 5.32 Å². The van der Waals surface area contributed by atoms with Gasteiger partial charge in [-0.05, 0) is 58.8 Å². The lowest BCUT2D eigenvalue weighted by Gasteiger charge is -2.08. The van der Waals surface area contributed by atoms with Gasteiger partial charge in [0.15, 0.2) is 0 Å². The van der Waals surface area contributed by atoms with Gasteiger partial charge in [-0.25, -0.2) is 4.39 Å². The molecule has 4 aromatic rings. The van der Waals surface area contributed by atoms with E-state index < -0.39 is 0 Å². The number of nitrogens with zero attached hydrogens (tertiary/aromatic N) is 1. The van der Waals surface area contributed by atoms with Crippen LogP contribution in [0, 0.1) is 5.82 Å². The van der Waals surface area contributed by atoms with Crippen LogP contribution in [0.2, 0.25) is 0 Å². The third-order valence-electron chi connectivity index (χ3n) is 4.99. The van der Waals surface area contributed by atoms with Crippen LogP contribution in [0.1, 0.15) is 15.9 Å². The zero-order valence-electron chi connectivity index (χ0n) is 17.0. The van der Waals surface area contributed by atoms with Crippen molar-refractivity contribution >= 4 is 17.7 Å². The first-order chi connectivity index (χ1) is 15.1. The topological polar surface area (TPSA) is 42.0 Å². The van der Waals surface area contributed by atoms with E-state index in [1.54, 1.807) is 36.2 Å². The van der Waals surface area contributed by atoms with E-state index in [1.165, 1.54) is 23.2 Å². The molecule has 0 radical (unpaired) electrons. The zero-order chi connectivity index (χ0) is 21.6. The molecule has 0 fully saturated rings. The van der Waals surface area contributed by atoms with Crippen LogP contribution in [0.15, 0.2) is 96.2 Å². The minimum atomic E-state index is -0.323. The molecule has 154 valence electrons. The Hall–Kier alpha value is -3.44. The SMILES string of the molecule is CSc1ccc(-c2ccc(CNC(=O)c3cncc(-c4cccc(F)c4)c3)cc2)cc1. The van der Waals surface area contributed by atoms with Crippen LogP contribution in [0.4, 0.5) is 4.39 Å². The molecule has 31 heavy (non-hydrogen) atoms. The number of carbonyl (C=O) groups is 1. The number of hydrogen-bond donors (Lipinski definition) is 1. The van der Waals surface area contributed by atoms with Gasteiger partial charge in [0.25, 0.3) is 5.91 Å². The molecule has 0 saturated heterocycles. The smallest absolute Gasteiger partial charge is 0.253 e. The van der Waals surface area contributed by atoms with Gasteiger partial charge in [-0.2, -0.15) is 0 Å². The molecule has 3 aromatic carbocycles. The van der Waals surface area contributed by atoms with Gasteiger partial charge >= 0.3 is 0 Å². The zero-order valence-corrected chi connectivity index (χ0v) is 17.8. The monoisotopic (exact) mass is 428 g/mol. The van der Waals surface area contributed by atoms with E-state index in [1.807, 2.05) is 12.1 Å². The highest BCUT2D eigenvalue weighted by molar-refractivity contribution is 7.98. The normalized spacial score (nSPS) is 10.6. The van der Waals surface area contributed by atoms with Crippen molar-refractivity contribution in [3.8, 4) is 22.3 Å². The van der Waals surface area contributed by atoms with Crippen LogP contribution >= 0.6 is 11.8 Å². The molecule has 3 nitrogen and oxygen atoms in total. The summed E-state index contributed by atoms with van der Waals surface area (Å²) < 4.78 is 13.5. The highest BCUT2D eigenvalue weighted by Gasteiger charge is 2.09. The van der Waals surface area contributed by atoms with Crippen molar-refractivity contribution in [2.75, 3.05) is 6.26 Å². The summed E-state index contributed by atoms with van der Waals surface area (Å²) in [5.41, 5.74) is 5.12. The first-order valence-corrected chi connectivity index (χ1v) is 11.1. The highest BCUT2D eigenvalue weighted by Crippen LogP contribution is 2.24. The van der Waals surface area contributed by atoms with Crippen molar-refractivity contribution < 1.29 is 9.18 Å². The molecule has 0 saturated carbocycles. The van der Waals surface area contributed by atoms with Crippen molar-refractivity contribution in [1.29, 1.82) is 0 Å². The Balaban J connectivity index is 1.41. The van der Waals surface area contributed by atoms with Crippen LogP contribution in [-0.2, 0) is 6.54 Å². The number of aromatic nitrogens is 1. The maximum Gasteiger partial charge on any atom is 0.253 e. The van der Waals surface area contributed by atoms with Crippen LogP contribution in [0.3, 0.4) is 0 Å². The maximum absolute atomic E-state index is 13.5. The second-order valence-corrected chi connectivity index (χ2v) is 7.96. The maximum atomic E-state index is 13.5. The predicted molar refractivity (Wildman–Crippen MR) is 124 cm³/mol. The summed E-state index contributed by atoms with van der Waals surface area (Å²) in [6.07, 6.45) is 5.20. The van der Waals surface area contributed by atoms with E-state index in [4.69, 9.17) is 0 Å². The fraction of sp³-hybridized carbons (Fsp3) is 0.0769. The second-order valence-electron chi connectivity index (χ2n) is 7.08. The Labute approximate surface area is 185 Å². The molecule has 0 unspecified atom stereocenters. The van der Waals surface area contributed by atoms with Gasteiger partial charge in [0.2, 0.25) is 0 Å². The third-order valence-corrected chi connectivity index (χ3v) is 5.73. The fourth-order valence-corrected chi connectivity index (χ4v) is 3.68. The largest absolute Gasteiger partial charge is 0.348 e. The molecule has 5 heteroatoms. The lowest BCUT2D eigenvalue weighted by molar-refractivity contribution is 0.0950. The first-order valence-electron chi connectivity index (χ1n) is 9.85. The molecule has 0 aliphatic rings. The summed E-state index contributed by atoms with van der Waals surface area (Å²) in [5, 5.41) is 2.92. The number of benzene rings is 3. The number of hydrogen-bond acceptors (Lipinski definition) is 3. The molecular weight excluding hydrogens is 407 g/mol. The molecule has 1 heterocycles. The third kappa shape index (κ3) is 5.19. The number of carbonyl (C=O) groups excluding carboxylic acids is 1. The Morgan fingerprint density at radius 2 is 1.58 bits per heavy atom. The van der Waals surface area contributed by atoms with Gasteiger partial charge in [0, 0.05) is 29.4 Å². The van der Waals surface area contributed by atoms with Crippen LogP contribution in [-0.4, -0.2) is 17.1 Å². The number of halogens is 1. The van der Waals surface area contributed by atoms with Crippen molar-refractivity contribution in [3.63, 3.8) is 0 Å². The summed E-state index contributed by atoms with van der Waals surface area (Å²) in [4.78, 5) is 18.0. The Kier molecular flexibility index (Phi) is 6.43. The number of amides is 1. The van der Waals surface area contributed by atoms with E-state index in [9.17, 15) is 9.18 Å². The molecule has 1 N–H and O–H groups in total. The molecule has 0 aliphatic carbocycles. The highest BCUT2D eigenvalue weighted by atomic mass is 32.2. The number of nitrogens with one attached hydrogen (secondary N) is 1. The fourth-order valence-electron chi connectivity index (χ4n) is 3.27. The van der Waals surface area contributed by atoms with E-state index in [0.29, 0.717) is 23.2 Å². The molecule has 4 rings (SSSR count). The lowest BCUT2D eigenvalue weighted by atomic mass is 10.0. The summed E-state index contributed by atoms with van der Waals surface area (Å²) in [7, 11) is 0. The summed E-state index contributed by atoms with van der Waals surface area (Å²) >= 11 is 1.72. The van der Waals surface area contributed by atoms with Gasteiger partial charge in [0.05, 0.1) is 5.56 Å². The minimum absolute atomic E-state index is 0.220.